The van der Waals surface area contributed by atoms with Crippen LogP contribution in [0.15, 0.2) is 48.5 Å². The smallest absolute Gasteiger partial charge is 0.254 e. The molecule has 10 heteroatoms. The van der Waals surface area contributed by atoms with Gasteiger partial charge in [0.05, 0.1) is 19.3 Å². The van der Waals surface area contributed by atoms with Crippen LogP contribution in [0.4, 0.5) is 11.4 Å². The number of carbonyl (C=O) groups is 2. The Morgan fingerprint density at radius 2 is 1.75 bits per heavy atom. The van der Waals surface area contributed by atoms with E-state index in [1.807, 2.05) is 13.8 Å². The summed E-state index contributed by atoms with van der Waals surface area (Å²) in [5.74, 6) is -1.03. The van der Waals surface area contributed by atoms with Crippen LogP contribution < -0.4 is 14.8 Å². The van der Waals surface area contributed by atoms with Crippen molar-refractivity contribution < 1.29 is 27.5 Å². The van der Waals surface area contributed by atoms with Gasteiger partial charge in [0.2, 0.25) is 15.9 Å². The van der Waals surface area contributed by atoms with Crippen LogP contribution in [0.3, 0.4) is 0 Å². The first-order chi connectivity index (χ1) is 15.2. The van der Waals surface area contributed by atoms with Gasteiger partial charge in [0, 0.05) is 30.0 Å². The Morgan fingerprint density at radius 1 is 1.06 bits per heavy atom. The average molecular weight is 462 g/mol. The first-order valence-corrected chi connectivity index (χ1v) is 11.9. The molecule has 1 aliphatic heterocycles. The minimum absolute atomic E-state index is 0.00361. The first kappa shape index (κ1) is 23.6. The minimum Gasteiger partial charge on any atom is -0.491 e. The molecule has 0 aliphatic carbocycles. The van der Waals surface area contributed by atoms with Gasteiger partial charge in [0.1, 0.15) is 11.5 Å². The second-order valence-electron chi connectivity index (χ2n) is 7.59. The van der Waals surface area contributed by atoms with Crippen LogP contribution in [0, 0.1) is 0 Å². The van der Waals surface area contributed by atoms with Crippen molar-refractivity contribution in [2.24, 2.45) is 0 Å². The Bertz CT molecular complexity index is 1050. The maximum absolute atomic E-state index is 12.6. The fourth-order valence-electron chi connectivity index (χ4n) is 3.14. The zero-order chi connectivity index (χ0) is 23.1. The Kier molecular flexibility index (Phi) is 7.70. The number of ether oxygens (including phenoxy) is 2. The Balaban J connectivity index is 1.58. The summed E-state index contributed by atoms with van der Waals surface area (Å²) in [6.45, 7) is 5.77. The number of hydrogen-bond donors (Lipinski definition) is 2. The van der Waals surface area contributed by atoms with Crippen molar-refractivity contribution in [3.63, 3.8) is 0 Å². The Morgan fingerprint density at radius 3 is 2.41 bits per heavy atom. The predicted octanol–water partition coefficient (Wildman–Crippen LogP) is 2.33. The van der Waals surface area contributed by atoms with Gasteiger partial charge in [-0.15, -0.1) is 0 Å². The molecular formula is C22H27N3O6S. The van der Waals surface area contributed by atoms with Crippen molar-refractivity contribution in [2.75, 3.05) is 42.1 Å². The molecule has 0 unspecified atom stereocenters. The molecule has 1 saturated heterocycles. The number of rotatable bonds is 8. The average Bonchev–Trinajstić information content (AvgIpc) is 2.74. The Hall–Kier alpha value is -3.11. The van der Waals surface area contributed by atoms with E-state index in [1.54, 1.807) is 47.4 Å². The molecule has 0 atom stereocenters. The molecule has 1 aliphatic rings. The number of benzene rings is 2. The number of anilines is 2. The number of morpholine rings is 1. The van der Waals surface area contributed by atoms with Crippen molar-refractivity contribution in [1.29, 1.82) is 0 Å². The molecule has 0 saturated carbocycles. The summed E-state index contributed by atoms with van der Waals surface area (Å²) in [5.41, 5.74) is 1.08. The van der Waals surface area contributed by atoms with Crippen LogP contribution in [0.1, 0.15) is 24.2 Å². The summed E-state index contributed by atoms with van der Waals surface area (Å²) in [4.78, 5) is 26.6. The summed E-state index contributed by atoms with van der Waals surface area (Å²) in [5, 5.41) is 2.54. The number of nitrogens with zero attached hydrogens (tertiary/aromatic N) is 1. The monoisotopic (exact) mass is 461 g/mol. The quantitative estimate of drug-likeness (QED) is 0.624. The van der Waals surface area contributed by atoms with Gasteiger partial charge in [-0.05, 0) is 56.3 Å². The molecule has 1 fully saturated rings. The van der Waals surface area contributed by atoms with Gasteiger partial charge in [-0.25, -0.2) is 8.42 Å². The molecule has 0 aromatic heterocycles. The summed E-state index contributed by atoms with van der Waals surface area (Å²) >= 11 is 0. The number of sulfonamides is 1. The normalized spacial score (nSPS) is 14.2. The zero-order valence-corrected chi connectivity index (χ0v) is 18.9. The lowest BCUT2D eigenvalue weighted by atomic mass is 10.1. The number of carbonyl (C=O) groups excluding carboxylic acids is 2. The van der Waals surface area contributed by atoms with Crippen LogP contribution >= 0.6 is 0 Å². The number of hydrogen-bond acceptors (Lipinski definition) is 6. The van der Waals surface area contributed by atoms with E-state index in [0.29, 0.717) is 49.0 Å². The fourth-order valence-corrected chi connectivity index (χ4v) is 4.12. The highest BCUT2D eigenvalue weighted by atomic mass is 32.2. The van der Waals surface area contributed by atoms with Crippen LogP contribution in [0.5, 0.6) is 5.75 Å². The topological polar surface area (TPSA) is 114 Å². The highest BCUT2D eigenvalue weighted by Crippen LogP contribution is 2.18. The molecular weight excluding hydrogens is 434 g/mol. The van der Waals surface area contributed by atoms with Gasteiger partial charge in [0.25, 0.3) is 5.91 Å². The molecule has 0 spiro atoms. The van der Waals surface area contributed by atoms with Crippen molar-refractivity contribution in [3.8, 4) is 5.75 Å². The van der Waals surface area contributed by atoms with E-state index in [-0.39, 0.29) is 12.0 Å². The molecule has 0 bridgehead atoms. The van der Waals surface area contributed by atoms with Gasteiger partial charge in [-0.2, -0.15) is 0 Å². The van der Waals surface area contributed by atoms with Crippen LogP contribution in [-0.4, -0.2) is 63.3 Å². The maximum atomic E-state index is 12.6. The summed E-state index contributed by atoms with van der Waals surface area (Å²) < 4.78 is 37.9. The predicted molar refractivity (Wildman–Crippen MR) is 121 cm³/mol. The molecule has 1 heterocycles. The zero-order valence-electron chi connectivity index (χ0n) is 18.0. The van der Waals surface area contributed by atoms with Crippen molar-refractivity contribution in [3.05, 3.63) is 54.1 Å². The fraction of sp³-hybridized carbons (Fsp3) is 0.364. The lowest BCUT2D eigenvalue weighted by Gasteiger charge is -2.27. The molecule has 2 amide bonds. The molecule has 2 aromatic carbocycles. The van der Waals surface area contributed by atoms with E-state index in [0.717, 1.165) is 0 Å². The van der Waals surface area contributed by atoms with Crippen molar-refractivity contribution in [1.82, 2.24) is 4.90 Å². The SMILES string of the molecule is CC(C)Oc1ccc(NS(=O)(=O)CC(=O)Nc2cccc(C(=O)N3CCOCC3)c2)cc1. The van der Waals surface area contributed by atoms with Gasteiger partial charge >= 0.3 is 0 Å². The lowest BCUT2D eigenvalue weighted by molar-refractivity contribution is -0.113. The molecule has 2 aromatic rings. The van der Waals surface area contributed by atoms with Gasteiger partial charge in [-0.1, -0.05) is 6.07 Å². The van der Waals surface area contributed by atoms with Crippen LogP contribution in [-0.2, 0) is 19.6 Å². The second kappa shape index (κ2) is 10.5. The van der Waals surface area contributed by atoms with E-state index >= 15 is 0 Å². The van der Waals surface area contributed by atoms with Crippen LogP contribution in [0.2, 0.25) is 0 Å². The molecule has 172 valence electrons. The highest BCUT2D eigenvalue weighted by molar-refractivity contribution is 7.93. The van der Waals surface area contributed by atoms with Gasteiger partial charge in [-0.3, -0.25) is 14.3 Å². The van der Waals surface area contributed by atoms with Crippen LogP contribution in [0.25, 0.3) is 0 Å². The number of amides is 2. The molecule has 32 heavy (non-hydrogen) atoms. The largest absolute Gasteiger partial charge is 0.491 e. The summed E-state index contributed by atoms with van der Waals surface area (Å²) in [7, 11) is -3.93. The number of nitrogens with one attached hydrogen (secondary N) is 2. The highest BCUT2D eigenvalue weighted by Gasteiger charge is 2.20. The summed E-state index contributed by atoms with van der Waals surface area (Å²) in [6.07, 6.45) is 0.00361. The van der Waals surface area contributed by atoms with Gasteiger partial charge in [0.15, 0.2) is 0 Å². The Labute approximate surface area is 187 Å². The second-order valence-corrected chi connectivity index (χ2v) is 9.31. The van der Waals surface area contributed by atoms with Crippen molar-refractivity contribution >= 4 is 33.2 Å². The lowest BCUT2D eigenvalue weighted by Crippen LogP contribution is -2.40. The van der Waals surface area contributed by atoms with Crippen molar-refractivity contribution in [2.45, 2.75) is 20.0 Å². The van der Waals surface area contributed by atoms with Gasteiger partial charge < -0.3 is 19.7 Å². The maximum Gasteiger partial charge on any atom is 0.254 e. The molecule has 2 N–H and O–H groups in total. The standard InChI is InChI=1S/C22H27N3O6S/c1-16(2)31-20-8-6-18(7-9-20)24-32(28,29)15-21(26)23-19-5-3-4-17(14-19)22(27)25-10-12-30-13-11-25/h3-9,14,16,24H,10-13,15H2,1-2H3,(H,23,26). The third kappa shape index (κ3) is 6.96. The van der Waals surface area contributed by atoms with E-state index in [9.17, 15) is 18.0 Å². The third-order valence-electron chi connectivity index (χ3n) is 4.51. The van der Waals surface area contributed by atoms with E-state index in [4.69, 9.17) is 9.47 Å². The molecule has 0 radical (unpaired) electrons. The van der Waals surface area contributed by atoms with E-state index in [1.165, 1.54) is 6.07 Å². The molecule has 9 nitrogen and oxygen atoms in total. The third-order valence-corrected chi connectivity index (χ3v) is 5.70. The summed E-state index contributed by atoms with van der Waals surface area (Å²) in [6, 6.07) is 12.8. The van der Waals surface area contributed by atoms with E-state index in [2.05, 4.69) is 10.0 Å². The first-order valence-electron chi connectivity index (χ1n) is 10.3. The minimum atomic E-state index is -3.93. The molecule has 3 rings (SSSR count). The van der Waals surface area contributed by atoms with E-state index < -0.39 is 21.7 Å².